The molecule has 1 amide bonds. The highest BCUT2D eigenvalue weighted by Gasteiger charge is 2.35. The van der Waals surface area contributed by atoms with Crippen LogP contribution in [0.5, 0.6) is 5.88 Å². The molecule has 0 radical (unpaired) electrons. The maximum absolute atomic E-state index is 11.5. The third-order valence-corrected chi connectivity index (χ3v) is 7.68. The average molecular weight is 389 g/mol. The van der Waals surface area contributed by atoms with Gasteiger partial charge in [-0.1, -0.05) is 0 Å². The quantitative estimate of drug-likeness (QED) is 0.850. The van der Waals surface area contributed by atoms with E-state index in [1.165, 1.54) is 10.4 Å². The molecule has 2 aromatic rings. The van der Waals surface area contributed by atoms with Gasteiger partial charge in [0.2, 0.25) is 11.8 Å². The van der Waals surface area contributed by atoms with E-state index in [0.29, 0.717) is 12.3 Å². The second-order valence-electron chi connectivity index (χ2n) is 8.41. The molecule has 2 N–H and O–H groups in total. The van der Waals surface area contributed by atoms with Gasteiger partial charge in [0.05, 0.1) is 5.39 Å². The summed E-state index contributed by atoms with van der Waals surface area (Å²) in [5, 5.41) is 1.02. The van der Waals surface area contributed by atoms with Crippen LogP contribution in [0.2, 0.25) is 0 Å². The molecule has 2 aliphatic rings. The number of thiophene rings is 1. The SMILES string of the molecule is CN(C)C1(C)CCC(Oc2ncnc3sc4c(c23)C(CC(N)=O)CC4)CC1. The molecule has 6 nitrogen and oxygen atoms in total. The van der Waals surface area contributed by atoms with Gasteiger partial charge in [0.1, 0.15) is 17.3 Å². The van der Waals surface area contributed by atoms with Crippen molar-refractivity contribution in [2.75, 3.05) is 14.1 Å². The summed E-state index contributed by atoms with van der Waals surface area (Å²) in [5.41, 5.74) is 6.93. The van der Waals surface area contributed by atoms with Crippen molar-refractivity contribution in [3.05, 3.63) is 16.8 Å². The van der Waals surface area contributed by atoms with E-state index < -0.39 is 0 Å². The first kappa shape index (κ1) is 18.6. The Hall–Kier alpha value is -1.73. The highest BCUT2D eigenvalue weighted by molar-refractivity contribution is 7.19. The predicted molar refractivity (Wildman–Crippen MR) is 107 cm³/mol. The highest BCUT2D eigenvalue weighted by Crippen LogP contribution is 2.47. The number of hydrogen-bond acceptors (Lipinski definition) is 6. The number of amides is 1. The van der Waals surface area contributed by atoms with Gasteiger partial charge < -0.3 is 15.4 Å². The van der Waals surface area contributed by atoms with Crippen LogP contribution in [0.4, 0.5) is 0 Å². The Morgan fingerprint density at radius 2 is 2.07 bits per heavy atom. The van der Waals surface area contributed by atoms with Crippen molar-refractivity contribution in [3.8, 4) is 5.88 Å². The van der Waals surface area contributed by atoms with Gasteiger partial charge in [0.25, 0.3) is 0 Å². The number of carbonyl (C=O) groups is 1. The van der Waals surface area contributed by atoms with Gasteiger partial charge in [-0.15, -0.1) is 11.3 Å². The number of carbonyl (C=O) groups excluding carboxylic acids is 1. The molecular formula is C20H28N4O2S. The van der Waals surface area contributed by atoms with Crippen LogP contribution >= 0.6 is 11.3 Å². The Balaban J connectivity index is 1.59. The molecule has 2 aliphatic carbocycles. The number of aryl methyl sites for hydroxylation is 1. The van der Waals surface area contributed by atoms with Crippen molar-refractivity contribution in [2.45, 2.75) is 69.4 Å². The number of ether oxygens (including phenoxy) is 1. The molecule has 7 heteroatoms. The summed E-state index contributed by atoms with van der Waals surface area (Å²) in [7, 11) is 4.31. The van der Waals surface area contributed by atoms with E-state index in [4.69, 9.17) is 10.5 Å². The van der Waals surface area contributed by atoms with Crippen molar-refractivity contribution in [2.24, 2.45) is 5.73 Å². The van der Waals surface area contributed by atoms with Crippen LogP contribution in [0.3, 0.4) is 0 Å². The van der Waals surface area contributed by atoms with Crippen LogP contribution in [-0.2, 0) is 11.2 Å². The number of nitrogens with zero attached hydrogens (tertiary/aromatic N) is 3. The van der Waals surface area contributed by atoms with E-state index in [0.717, 1.165) is 48.7 Å². The molecule has 1 saturated carbocycles. The zero-order valence-electron chi connectivity index (χ0n) is 16.3. The Morgan fingerprint density at radius 1 is 1.33 bits per heavy atom. The van der Waals surface area contributed by atoms with Gasteiger partial charge in [-0.2, -0.15) is 0 Å². The summed E-state index contributed by atoms with van der Waals surface area (Å²) >= 11 is 1.71. The van der Waals surface area contributed by atoms with Crippen molar-refractivity contribution in [1.82, 2.24) is 14.9 Å². The molecule has 1 atom stereocenters. The zero-order valence-corrected chi connectivity index (χ0v) is 17.1. The molecule has 4 rings (SSSR count). The minimum absolute atomic E-state index is 0.169. The van der Waals surface area contributed by atoms with Gasteiger partial charge in [0, 0.05) is 16.8 Å². The van der Waals surface area contributed by atoms with Crippen LogP contribution in [0, 0.1) is 0 Å². The molecule has 0 saturated heterocycles. The lowest BCUT2D eigenvalue weighted by molar-refractivity contribution is -0.118. The molecule has 0 bridgehead atoms. The van der Waals surface area contributed by atoms with E-state index in [2.05, 4.69) is 35.9 Å². The summed E-state index contributed by atoms with van der Waals surface area (Å²) in [5.74, 6) is 0.608. The Morgan fingerprint density at radius 3 is 2.74 bits per heavy atom. The Kier molecular flexibility index (Phi) is 4.84. The maximum Gasteiger partial charge on any atom is 0.225 e. The average Bonchev–Trinajstić information content (AvgIpc) is 3.17. The highest BCUT2D eigenvalue weighted by atomic mass is 32.1. The van der Waals surface area contributed by atoms with Crippen LogP contribution < -0.4 is 10.5 Å². The van der Waals surface area contributed by atoms with E-state index in [-0.39, 0.29) is 23.5 Å². The fraction of sp³-hybridized carbons (Fsp3) is 0.650. The number of nitrogens with two attached hydrogens (primary N) is 1. The Labute approximate surface area is 164 Å². The molecule has 2 aromatic heterocycles. The number of aromatic nitrogens is 2. The lowest BCUT2D eigenvalue weighted by Gasteiger charge is -2.42. The minimum Gasteiger partial charge on any atom is -0.474 e. The molecular weight excluding hydrogens is 360 g/mol. The van der Waals surface area contributed by atoms with Gasteiger partial charge in [-0.3, -0.25) is 4.79 Å². The van der Waals surface area contributed by atoms with Crippen LogP contribution in [0.25, 0.3) is 10.2 Å². The molecule has 2 heterocycles. The fourth-order valence-corrected chi connectivity index (χ4v) is 5.74. The van der Waals surface area contributed by atoms with Crippen LogP contribution in [0.15, 0.2) is 6.33 Å². The summed E-state index contributed by atoms with van der Waals surface area (Å²) < 4.78 is 6.40. The molecule has 27 heavy (non-hydrogen) atoms. The van der Waals surface area contributed by atoms with E-state index in [1.807, 2.05) is 0 Å². The van der Waals surface area contributed by atoms with Crippen molar-refractivity contribution >= 4 is 27.5 Å². The summed E-state index contributed by atoms with van der Waals surface area (Å²) in [6.07, 6.45) is 8.40. The molecule has 0 aromatic carbocycles. The molecule has 1 fully saturated rings. The van der Waals surface area contributed by atoms with Gasteiger partial charge in [-0.25, -0.2) is 9.97 Å². The maximum atomic E-state index is 11.5. The standard InChI is InChI=1S/C20H28N4O2S/c1-20(24(2)3)8-6-13(7-9-20)26-18-17-16-12(10-15(21)25)4-5-14(16)27-19(17)23-11-22-18/h11-13H,4-10H2,1-3H3,(H2,21,25). The first-order valence-electron chi connectivity index (χ1n) is 9.76. The van der Waals surface area contributed by atoms with Crippen molar-refractivity contribution in [3.63, 3.8) is 0 Å². The third-order valence-electron chi connectivity index (χ3n) is 6.51. The van der Waals surface area contributed by atoms with Crippen molar-refractivity contribution < 1.29 is 9.53 Å². The second kappa shape index (κ2) is 7.02. The largest absolute Gasteiger partial charge is 0.474 e. The van der Waals surface area contributed by atoms with Crippen molar-refractivity contribution in [1.29, 1.82) is 0 Å². The molecule has 146 valence electrons. The van der Waals surface area contributed by atoms with Gasteiger partial charge in [-0.05, 0) is 71.0 Å². The summed E-state index contributed by atoms with van der Waals surface area (Å²) in [6, 6.07) is 0. The van der Waals surface area contributed by atoms with Crippen LogP contribution in [-0.4, -0.2) is 46.5 Å². The van der Waals surface area contributed by atoms with E-state index in [1.54, 1.807) is 17.7 Å². The molecule has 0 spiro atoms. The first-order chi connectivity index (χ1) is 12.9. The summed E-state index contributed by atoms with van der Waals surface area (Å²) in [4.78, 5) is 25.0. The minimum atomic E-state index is -0.248. The van der Waals surface area contributed by atoms with E-state index in [9.17, 15) is 4.79 Å². The van der Waals surface area contributed by atoms with E-state index >= 15 is 0 Å². The fourth-order valence-electron chi connectivity index (χ4n) is 4.51. The third kappa shape index (κ3) is 3.43. The van der Waals surface area contributed by atoms with Crippen LogP contribution in [0.1, 0.15) is 61.8 Å². The van der Waals surface area contributed by atoms with Gasteiger partial charge in [0.15, 0.2) is 0 Å². The lowest BCUT2D eigenvalue weighted by Crippen LogP contribution is -2.46. The number of rotatable bonds is 5. The zero-order chi connectivity index (χ0) is 19.2. The monoisotopic (exact) mass is 388 g/mol. The number of fused-ring (bicyclic) bond motifs is 3. The normalized spacial score (nSPS) is 27.9. The smallest absolute Gasteiger partial charge is 0.225 e. The molecule has 0 aliphatic heterocycles. The predicted octanol–water partition coefficient (Wildman–Crippen LogP) is 3.24. The topological polar surface area (TPSA) is 81.3 Å². The summed E-state index contributed by atoms with van der Waals surface area (Å²) in [6.45, 7) is 2.33. The second-order valence-corrected chi connectivity index (χ2v) is 9.50. The lowest BCUT2D eigenvalue weighted by atomic mass is 9.81. The van der Waals surface area contributed by atoms with Gasteiger partial charge >= 0.3 is 0 Å². The Bertz CT molecular complexity index is 855. The first-order valence-corrected chi connectivity index (χ1v) is 10.6. The number of hydrogen-bond donors (Lipinski definition) is 1. The molecule has 1 unspecified atom stereocenters. The number of primary amides is 1.